The molecule has 1 aliphatic rings. The molecular weight excluding hydrogens is 516 g/mol. The largest absolute Gasteiger partial charge is 0.493 e. The Morgan fingerprint density at radius 2 is 1.51 bits per heavy atom. The lowest BCUT2D eigenvalue weighted by atomic mass is 9.90. The summed E-state index contributed by atoms with van der Waals surface area (Å²) in [5, 5.41) is 0. The van der Waals surface area contributed by atoms with Gasteiger partial charge < -0.3 is 23.7 Å². The third-order valence-corrected chi connectivity index (χ3v) is 7.49. The van der Waals surface area contributed by atoms with Crippen LogP contribution in [0.3, 0.4) is 0 Å². The predicted molar refractivity (Wildman–Crippen MR) is 157 cm³/mol. The Morgan fingerprint density at radius 3 is 2.07 bits per heavy atom. The van der Waals surface area contributed by atoms with Crippen LogP contribution in [0.15, 0.2) is 102 Å². The SMILES string of the molecule is COc1ccc(CCN(Cc2ccco2)C(=O)CN(C(=O)C(c2ccccc2)c2ccccc2)C2CC2)cc1OC. The van der Waals surface area contributed by atoms with Crippen molar-refractivity contribution in [2.24, 2.45) is 0 Å². The Kier molecular flexibility index (Phi) is 9.04. The summed E-state index contributed by atoms with van der Waals surface area (Å²) >= 11 is 0. The van der Waals surface area contributed by atoms with E-state index < -0.39 is 5.92 Å². The van der Waals surface area contributed by atoms with Crippen LogP contribution < -0.4 is 9.47 Å². The zero-order valence-corrected chi connectivity index (χ0v) is 23.6. The van der Waals surface area contributed by atoms with Gasteiger partial charge in [0, 0.05) is 12.6 Å². The molecule has 0 spiro atoms. The average molecular weight is 553 g/mol. The molecule has 2 amide bonds. The van der Waals surface area contributed by atoms with E-state index in [2.05, 4.69) is 0 Å². The second-order valence-electron chi connectivity index (χ2n) is 10.3. The molecule has 1 heterocycles. The second-order valence-corrected chi connectivity index (χ2v) is 10.3. The van der Waals surface area contributed by atoms with Crippen molar-refractivity contribution in [1.29, 1.82) is 0 Å². The molecule has 5 rings (SSSR count). The van der Waals surface area contributed by atoms with E-state index in [0.717, 1.165) is 29.5 Å². The molecule has 41 heavy (non-hydrogen) atoms. The number of furan rings is 1. The Hall–Kier alpha value is -4.52. The maximum Gasteiger partial charge on any atom is 0.242 e. The normalized spacial score (nSPS) is 12.7. The number of carbonyl (C=O) groups is 2. The van der Waals surface area contributed by atoms with Crippen molar-refractivity contribution in [1.82, 2.24) is 9.80 Å². The zero-order valence-electron chi connectivity index (χ0n) is 23.6. The Morgan fingerprint density at radius 1 is 0.854 bits per heavy atom. The number of nitrogens with zero attached hydrogens (tertiary/aromatic N) is 2. The molecule has 0 saturated heterocycles. The minimum atomic E-state index is -0.476. The van der Waals surface area contributed by atoms with Gasteiger partial charge in [0.05, 0.1) is 32.9 Å². The van der Waals surface area contributed by atoms with Crippen molar-refractivity contribution in [3.63, 3.8) is 0 Å². The molecule has 7 nitrogen and oxygen atoms in total. The van der Waals surface area contributed by atoms with E-state index in [1.807, 2.05) is 91.0 Å². The van der Waals surface area contributed by atoms with Crippen molar-refractivity contribution in [2.45, 2.75) is 37.8 Å². The first-order valence-electron chi connectivity index (χ1n) is 14.0. The van der Waals surface area contributed by atoms with Gasteiger partial charge in [0.15, 0.2) is 11.5 Å². The van der Waals surface area contributed by atoms with Crippen molar-refractivity contribution >= 4 is 11.8 Å². The fraction of sp³-hybridized carbons (Fsp3) is 0.294. The lowest BCUT2D eigenvalue weighted by Crippen LogP contribution is -2.46. The van der Waals surface area contributed by atoms with Crippen LogP contribution in [-0.4, -0.2) is 55.0 Å². The maximum absolute atomic E-state index is 14.2. The molecule has 0 unspecified atom stereocenters. The second kappa shape index (κ2) is 13.2. The summed E-state index contributed by atoms with van der Waals surface area (Å²) in [4.78, 5) is 31.7. The van der Waals surface area contributed by atoms with Crippen LogP contribution in [0.4, 0.5) is 0 Å². The minimum absolute atomic E-state index is 0.0201. The molecular formula is C34H36N2O5. The monoisotopic (exact) mass is 552 g/mol. The molecule has 3 aromatic carbocycles. The lowest BCUT2D eigenvalue weighted by Gasteiger charge is -2.30. The number of amides is 2. The summed E-state index contributed by atoms with van der Waals surface area (Å²) < 4.78 is 16.4. The summed E-state index contributed by atoms with van der Waals surface area (Å²) in [5.41, 5.74) is 2.86. The van der Waals surface area contributed by atoms with E-state index in [9.17, 15) is 9.59 Å². The smallest absolute Gasteiger partial charge is 0.242 e. The number of ether oxygens (including phenoxy) is 2. The van der Waals surface area contributed by atoms with Crippen LogP contribution in [0.25, 0.3) is 0 Å². The van der Waals surface area contributed by atoms with E-state index in [1.165, 1.54) is 0 Å². The van der Waals surface area contributed by atoms with Gasteiger partial charge >= 0.3 is 0 Å². The Bertz CT molecular complexity index is 1380. The maximum atomic E-state index is 14.2. The molecule has 0 radical (unpaired) electrons. The number of rotatable bonds is 13. The quantitative estimate of drug-likeness (QED) is 0.213. The molecule has 1 aromatic heterocycles. The number of carbonyl (C=O) groups excluding carboxylic acids is 2. The van der Waals surface area contributed by atoms with Crippen LogP contribution in [0.2, 0.25) is 0 Å². The summed E-state index contributed by atoms with van der Waals surface area (Å²) in [7, 11) is 3.21. The molecule has 0 aliphatic heterocycles. The molecule has 4 aromatic rings. The first kappa shape index (κ1) is 28.0. The Labute approximate surface area is 241 Å². The third kappa shape index (κ3) is 6.98. The molecule has 0 N–H and O–H groups in total. The summed E-state index contributed by atoms with van der Waals surface area (Å²) in [6, 6.07) is 29.1. The summed E-state index contributed by atoms with van der Waals surface area (Å²) in [6.07, 6.45) is 4.02. The van der Waals surface area contributed by atoms with Gasteiger partial charge in [0.25, 0.3) is 0 Å². The average Bonchev–Trinajstić information content (AvgIpc) is 3.73. The highest BCUT2D eigenvalue weighted by molar-refractivity contribution is 5.91. The van der Waals surface area contributed by atoms with Gasteiger partial charge in [-0.05, 0) is 60.2 Å². The van der Waals surface area contributed by atoms with E-state index in [-0.39, 0.29) is 24.4 Å². The van der Waals surface area contributed by atoms with Gasteiger partial charge in [-0.1, -0.05) is 66.7 Å². The van der Waals surface area contributed by atoms with Gasteiger partial charge in [-0.3, -0.25) is 9.59 Å². The van der Waals surface area contributed by atoms with Gasteiger partial charge in [-0.2, -0.15) is 0 Å². The fourth-order valence-electron chi connectivity index (χ4n) is 5.14. The van der Waals surface area contributed by atoms with Gasteiger partial charge in [0.2, 0.25) is 11.8 Å². The van der Waals surface area contributed by atoms with Crippen molar-refractivity contribution < 1.29 is 23.5 Å². The van der Waals surface area contributed by atoms with Crippen LogP contribution >= 0.6 is 0 Å². The Balaban J connectivity index is 1.37. The van der Waals surface area contributed by atoms with Gasteiger partial charge in [0.1, 0.15) is 12.3 Å². The topological polar surface area (TPSA) is 72.2 Å². The number of methoxy groups -OCH3 is 2. The number of hydrogen-bond acceptors (Lipinski definition) is 5. The van der Waals surface area contributed by atoms with E-state index in [0.29, 0.717) is 36.8 Å². The highest BCUT2D eigenvalue weighted by Crippen LogP contribution is 2.34. The third-order valence-electron chi connectivity index (χ3n) is 7.49. The molecule has 212 valence electrons. The lowest BCUT2D eigenvalue weighted by molar-refractivity contribution is -0.141. The highest BCUT2D eigenvalue weighted by atomic mass is 16.5. The van der Waals surface area contributed by atoms with Crippen LogP contribution in [-0.2, 0) is 22.6 Å². The van der Waals surface area contributed by atoms with E-state index in [1.54, 1.807) is 30.3 Å². The fourth-order valence-corrected chi connectivity index (χ4v) is 5.14. The number of benzene rings is 3. The molecule has 7 heteroatoms. The minimum Gasteiger partial charge on any atom is -0.493 e. The standard InChI is InChI=1S/C34H36N2O5/c1-39-30-18-15-25(22-31(30)40-2)19-20-35(23-29-14-9-21-41-29)32(37)24-36(28-16-17-28)34(38)33(26-10-5-3-6-11-26)27-12-7-4-8-13-27/h3-15,18,21-22,28,33H,16-17,19-20,23-24H2,1-2H3. The van der Waals surface area contributed by atoms with E-state index in [4.69, 9.17) is 13.9 Å². The predicted octanol–water partition coefficient (Wildman–Crippen LogP) is 5.69. The van der Waals surface area contributed by atoms with Crippen molar-refractivity contribution in [3.05, 3.63) is 120 Å². The summed E-state index contributed by atoms with van der Waals surface area (Å²) in [6.45, 7) is 0.807. The van der Waals surface area contributed by atoms with Gasteiger partial charge in [-0.15, -0.1) is 0 Å². The van der Waals surface area contributed by atoms with Crippen molar-refractivity contribution in [2.75, 3.05) is 27.3 Å². The van der Waals surface area contributed by atoms with Gasteiger partial charge in [-0.25, -0.2) is 0 Å². The highest BCUT2D eigenvalue weighted by Gasteiger charge is 2.38. The van der Waals surface area contributed by atoms with Crippen LogP contribution in [0.1, 0.15) is 41.2 Å². The number of hydrogen-bond donors (Lipinski definition) is 0. The van der Waals surface area contributed by atoms with Crippen LogP contribution in [0, 0.1) is 0 Å². The van der Waals surface area contributed by atoms with Crippen molar-refractivity contribution in [3.8, 4) is 11.5 Å². The summed E-state index contributed by atoms with van der Waals surface area (Å²) in [5.74, 6) is 1.37. The van der Waals surface area contributed by atoms with Crippen LogP contribution in [0.5, 0.6) is 11.5 Å². The molecule has 1 saturated carbocycles. The molecule has 0 bridgehead atoms. The first-order valence-corrected chi connectivity index (χ1v) is 14.0. The first-order chi connectivity index (χ1) is 20.1. The molecule has 0 atom stereocenters. The zero-order chi connectivity index (χ0) is 28.6. The van der Waals surface area contributed by atoms with E-state index >= 15 is 0 Å². The molecule has 1 aliphatic carbocycles. The molecule has 1 fully saturated rings.